The van der Waals surface area contributed by atoms with Gasteiger partial charge in [0, 0.05) is 61.2 Å². The van der Waals surface area contributed by atoms with Crippen LogP contribution < -0.4 is 0 Å². The van der Waals surface area contributed by atoms with E-state index in [2.05, 4.69) is 50.8 Å². The molecule has 4 nitrogen and oxygen atoms in total. The normalized spacial score (nSPS) is 16.8. The smallest absolute Gasteiger partial charge is 0.0715 e. The lowest BCUT2D eigenvalue weighted by molar-refractivity contribution is 0.148. The van der Waals surface area contributed by atoms with Gasteiger partial charge in [-0.15, -0.1) is 0 Å². The summed E-state index contributed by atoms with van der Waals surface area (Å²) in [6.07, 6.45) is 6.06. The number of fused-ring (bicyclic) bond motifs is 1. The van der Waals surface area contributed by atoms with E-state index in [0.717, 1.165) is 49.0 Å². The summed E-state index contributed by atoms with van der Waals surface area (Å²) in [7, 11) is 2.19. The molecule has 24 heavy (non-hydrogen) atoms. The fraction of sp³-hybridized carbons (Fsp3) is 0.316. The quantitative estimate of drug-likeness (QED) is 0.730. The first kappa shape index (κ1) is 15.6. The lowest BCUT2D eigenvalue weighted by atomic mass is 10.2. The number of aromatic nitrogens is 2. The van der Waals surface area contributed by atoms with Crippen molar-refractivity contribution >= 4 is 22.5 Å². The molecule has 5 heteroatoms. The average Bonchev–Trinajstić information content (AvgIpc) is 2.97. The summed E-state index contributed by atoms with van der Waals surface area (Å²) >= 11 is 6.03. The second-order valence-electron chi connectivity index (χ2n) is 6.47. The van der Waals surface area contributed by atoms with E-state index in [9.17, 15) is 0 Å². The van der Waals surface area contributed by atoms with E-state index in [4.69, 9.17) is 11.6 Å². The van der Waals surface area contributed by atoms with Crippen LogP contribution in [0.1, 0.15) is 5.56 Å². The maximum absolute atomic E-state index is 6.03. The number of nitrogens with zero attached hydrogens (tertiary/aromatic N) is 4. The number of hydrogen-bond donors (Lipinski definition) is 0. The van der Waals surface area contributed by atoms with Gasteiger partial charge in [0.05, 0.1) is 11.7 Å². The Hall–Kier alpha value is -1.88. The molecule has 3 heterocycles. The highest BCUT2D eigenvalue weighted by atomic mass is 35.5. The minimum atomic E-state index is 0.756. The lowest BCUT2D eigenvalue weighted by Crippen LogP contribution is -2.43. The van der Waals surface area contributed by atoms with Crippen molar-refractivity contribution in [3.05, 3.63) is 59.5 Å². The number of hydrogen-bond acceptors (Lipinski definition) is 3. The average molecular weight is 341 g/mol. The van der Waals surface area contributed by atoms with E-state index < -0.39 is 0 Å². The van der Waals surface area contributed by atoms with Gasteiger partial charge in [-0.2, -0.15) is 0 Å². The molecule has 0 saturated carbocycles. The summed E-state index contributed by atoms with van der Waals surface area (Å²) in [6, 6.07) is 10.1. The Bertz CT molecular complexity index is 832. The van der Waals surface area contributed by atoms with Gasteiger partial charge < -0.3 is 9.47 Å². The molecule has 0 atom stereocenters. The third-order valence-corrected chi connectivity index (χ3v) is 5.04. The van der Waals surface area contributed by atoms with Crippen molar-refractivity contribution in [1.29, 1.82) is 0 Å². The van der Waals surface area contributed by atoms with Gasteiger partial charge in [0.25, 0.3) is 0 Å². The fourth-order valence-corrected chi connectivity index (χ4v) is 3.46. The number of halogens is 1. The van der Waals surface area contributed by atoms with E-state index >= 15 is 0 Å². The van der Waals surface area contributed by atoms with Crippen LogP contribution in [0.4, 0.5) is 0 Å². The molecule has 0 aliphatic carbocycles. The topological polar surface area (TPSA) is 24.3 Å². The highest BCUT2D eigenvalue weighted by molar-refractivity contribution is 6.30. The molecule has 1 aliphatic rings. The molecular formula is C19H21ClN4. The highest BCUT2D eigenvalue weighted by Gasteiger charge is 2.17. The van der Waals surface area contributed by atoms with Crippen LogP contribution in [0.5, 0.6) is 0 Å². The number of likely N-dealkylation sites (N-methyl/N-ethyl adjacent to an activating group) is 1. The van der Waals surface area contributed by atoms with Gasteiger partial charge in [0.2, 0.25) is 0 Å². The van der Waals surface area contributed by atoms with Crippen LogP contribution in [0.25, 0.3) is 16.6 Å². The molecule has 3 aromatic rings. The molecule has 0 spiro atoms. The Morgan fingerprint density at radius 2 is 1.79 bits per heavy atom. The number of pyridine rings is 1. The predicted molar refractivity (Wildman–Crippen MR) is 98.9 cm³/mol. The zero-order valence-corrected chi connectivity index (χ0v) is 14.6. The minimum absolute atomic E-state index is 0.756. The van der Waals surface area contributed by atoms with Crippen LogP contribution in [0.3, 0.4) is 0 Å². The van der Waals surface area contributed by atoms with Gasteiger partial charge >= 0.3 is 0 Å². The fourth-order valence-electron chi connectivity index (χ4n) is 3.33. The Kier molecular flexibility index (Phi) is 4.27. The zero-order chi connectivity index (χ0) is 16.5. The van der Waals surface area contributed by atoms with Crippen molar-refractivity contribution in [3.8, 4) is 5.69 Å². The first-order valence-corrected chi connectivity index (χ1v) is 8.69. The van der Waals surface area contributed by atoms with Crippen molar-refractivity contribution in [2.75, 3.05) is 33.2 Å². The number of piperazine rings is 1. The second kappa shape index (κ2) is 6.55. The van der Waals surface area contributed by atoms with E-state index in [-0.39, 0.29) is 0 Å². The van der Waals surface area contributed by atoms with Crippen LogP contribution in [0, 0.1) is 0 Å². The van der Waals surface area contributed by atoms with Gasteiger partial charge in [0.1, 0.15) is 0 Å². The second-order valence-corrected chi connectivity index (χ2v) is 6.91. The van der Waals surface area contributed by atoms with Crippen molar-refractivity contribution in [3.63, 3.8) is 0 Å². The first-order valence-electron chi connectivity index (χ1n) is 8.31. The van der Waals surface area contributed by atoms with Crippen molar-refractivity contribution in [2.24, 2.45) is 0 Å². The van der Waals surface area contributed by atoms with Gasteiger partial charge in [-0.05, 0) is 42.9 Å². The van der Waals surface area contributed by atoms with Crippen LogP contribution in [-0.2, 0) is 6.54 Å². The van der Waals surface area contributed by atoms with Gasteiger partial charge in [-0.1, -0.05) is 11.6 Å². The van der Waals surface area contributed by atoms with Gasteiger partial charge in [0.15, 0.2) is 0 Å². The summed E-state index contributed by atoms with van der Waals surface area (Å²) in [5.41, 5.74) is 3.61. The summed E-state index contributed by atoms with van der Waals surface area (Å²) in [5.74, 6) is 0. The molecule has 2 aromatic heterocycles. The van der Waals surface area contributed by atoms with E-state index in [1.165, 1.54) is 10.9 Å². The van der Waals surface area contributed by atoms with Crippen LogP contribution in [0.2, 0.25) is 5.02 Å². The Balaban J connectivity index is 1.70. The molecule has 4 rings (SSSR count). The van der Waals surface area contributed by atoms with Crippen LogP contribution >= 0.6 is 11.6 Å². The summed E-state index contributed by atoms with van der Waals surface area (Å²) in [4.78, 5) is 9.23. The summed E-state index contributed by atoms with van der Waals surface area (Å²) in [5, 5.41) is 2.03. The third kappa shape index (κ3) is 3.05. The molecular weight excluding hydrogens is 320 g/mol. The zero-order valence-electron chi connectivity index (χ0n) is 13.8. The Labute approximate surface area is 147 Å². The molecule has 0 radical (unpaired) electrons. The van der Waals surface area contributed by atoms with Crippen LogP contribution in [0.15, 0.2) is 48.9 Å². The molecule has 1 aliphatic heterocycles. The van der Waals surface area contributed by atoms with E-state index in [1.54, 1.807) is 0 Å². The molecule has 1 saturated heterocycles. The highest BCUT2D eigenvalue weighted by Crippen LogP contribution is 2.26. The van der Waals surface area contributed by atoms with Crippen molar-refractivity contribution < 1.29 is 0 Å². The Morgan fingerprint density at radius 1 is 1.04 bits per heavy atom. The van der Waals surface area contributed by atoms with Crippen LogP contribution in [-0.4, -0.2) is 52.6 Å². The van der Waals surface area contributed by atoms with Crippen molar-refractivity contribution in [2.45, 2.75) is 6.54 Å². The molecule has 0 bridgehead atoms. The van der Waals surface area contributed by atoms with Gasteiger partial charge in [-0.3, -0.25) is 9.88 Å². The van der Waals surface area contributed by atoms with E-state index in [0.29, 0.717) is 0 Å². The summed E-state index contributed by atoms with van der Waals surface area (Å²) < 4.78 is 2.21. The van der Waals surface area contributed by atoms with Gasteiger partial charge in [-0.25, -0.2) is 0 Å². The SMILES string of the molecule is CN1CCN(Cc2cn(-c3ccc(Cl)cc3)c3cnccc23)CC1. The molecule has 124 valence electrons. The molecule has 0 N–H and O–H groups in total. The van der Waals surface area contributed by atoms with Crippen molar-refractivity contribution in [1.82, 2.24) is 19.4 Å². The molecule has 1 aromatic carbocycles. The maximum Gasteiger partial charge on any atom is 0.0715 e. The minimum Gasteiger partial charge on any atom is -0.315 e. The monoisotopic (exact) mass is 340 g/mol. The maximum atomic E-state index is 6.03. The third-order valence-electron chi connectivity index (χ3n) is 4.79. The Morgan fingerprint density at radius 3 is 2.54 bits per heavy atom. The number of rotatable bonds is 3. The largest absolute Gasteiger partial charge is 0.315 e. The standard InChI is InChI=1S/C19H21ClN4/c1-22-8-10-23(11-9-22)13-15-14-24(17-4-2-16(20)3-5-17)19-12-21-7-6-18(15)19/h2-7,12,14H,8-11,13H2,1H3. The van der Waals surface area contributed by atoms with E-state index in [1.807, 2.05) is 24.5 Å². The molecule has 0 amide bonds. The molecule has 1 fully saturated rings. The predicted octanol–water partition coefficient (Wildman–Crippen LogP) is 3.43. The first-order chi connectivity index (χ1) is 11.7. The number of benzene rings is 1. The lowest BCUT2D eigenvalue weighted by Gasteiger charge is -2.32. The molecule has 0 unspecified atom stereocenters. The summed E-state index contributed by atoms with van der Waals surface area (Å²) in [6.45, 7) is 5.49.